The van der Waals surface area contributed by atoms with Gasteiger partial charge in [0.15, 0.2) is 4.91 Å². The van der Waals surface area contributed by atoms with Crippen molar-refractivity contribution in [1.29, 1.82) is 5.26 Å². The van der Waals surface area contributed by atoms with E-state index in [2.05, 4.69) is 41.7 Å². The van der Waals surface area contributed by atoms with Crippen LogP contribution in [0.4, 0.5) is 5.69 Å². The van der Waals surface area contributed by atoms with E-state index < -0.39 is 15.6 Å². The van der Waals surface area contributed by atoms with E-state index >= 15 is 0 Å². The summed E-state index contributed by atoms with van der Waals surface area (Å²) >= 11 is 0. The number of anilines is 1. The summed E-state index contributed by atoms with van der Waals surface area (Å²) in [6, 6.07) is 13.9. The summed E-state index contributed by atoms with van der Waals surface area (Å²) in [5.41, 5.74) is 0.794. The quantitative estimate of drug-likeness (QED) is 0.350. The van der Waals surface area contributed by atoms with E-state index in [0.717, 1.165) is 36.7 Å². The van der Waals surface area contributed by atoms with Crippen LogP contribution in [-0.2, 0) is 14.8 Å². The molecule has 0 spiro atoms. The molecule has 0 aliphatic heterocycles. The second-order valence-electron chi connectivity index (χ2n) is 10.6. The average Bonchev–Trinajstić information content (AvgIpc) is 2.74. The Morgan fingerprint density at radius 1 is 1.03 bits per heavy atom. The van der Waals surface area contributed by atoms with Gasteiger partial charge in [0.25, 0.3) is 10.0 Å². The Bertz CT molecular complexity index is 1170. The lowest BCUT2D eigenvalue weighted by Gasteiger charge is -2.28. The van der Waals surface area contributed by atoms with Gasteiger partial charge in [0, 0.05) is 30.9 Å². The van der Waals surface area contributed by atoms with E-state index in [1.165, 1.54) is 11.8 Å². The van der Waals surface area contributed by atoms with Crippen molar-refractivity contribution in [2.45, 2.75) is 78.9 Å². The van der Waals surface area contributed by atoms with Crippen molar-refractivity contribution < 1.29 is 13.2 Å². The Morgan fingerprint density at radius 3 is 2.20 bits per heavy atom. The van der Waals surface area contributed by atoms with Crippen molar-refractivity contribution in [1.82, 2.24) is 4.72 Å². The molecule has 0 aliphatic rings. The van der Waals surface area contributed by atoms with Crippen LogP contribution < -0.4 is 9.62 Å². The fraction of sp³-hybridized carbons (Fsp3) is 0.536. The monoisotopic (exact) mass is 499 g/mol. The number of sulfonamides is 1. The molecule has 0 radical (unpaired) electrons. The molecule has 0 unspecified atom stereocenters. The zero-order chi connectivity index (χ0) is 26.3. The molecule has 7 heteroatoms. The second-order valence-corrected chi connectivity index (χ2v) is 12.2. The maximum atomic E-state index is 13.0. The largest absolute Gasteiger partial charge is 0.376 e. The molecule has 35 heavy (non-hydrogen) atoms. The summed E-state index contributed by atoms with van der Waals surface area (Å²) in [7, 11) is -3.99. The number of benzene rings is 2. The highest BCUT2D eigenvalue weighted by atomic mass is 32.2. The molecular formula is C28H41N3O3S. The summed E-state index contributed by atoms with van der Waals surface area (Å²) in [5, 5.41) is 11.7. The lowest BCUT2D eigenvalue weighted by atomic mass is 10.0. The van der Waals surface area contributed by atoms with Gasteiger partial charge < -0.3 is 9.64 Å². The summed E-state index contributed by atoms with van der Waals surface area (Å²) in [6.45, 7) is 16.2. The first-order valence-electron chi connectivity index (χ1n) is 12.4. The van der Waals surface area contributed by atoms with Gasteiger partial charge in [-0.2, -0.15) is 5.26 Å². The Balaban J connectivity index is 2.25. The van der Waals surface area contributed by atoms with Crippen molar-refractivity contribution in [3.8, 4) is 6.07 Å². The van der Waals surface area contributed by atoms with Gasteiger partial charge in [-0.15, -0.1) is 0 Å². The molecule has 0 aliphatic carbocycles. The lowest BCUT2D eigenvalue weighted by Crippen LogP contribution is -2.44. The van der Waals surface area contributed by atoms with E-state index in [-0.39, 0.29) is 10.5 Å². The average molecular weight is 500 g/mol. The molecule has 0 bridgehead atoms. The van der Waals surface area contributed by atoms with Crippen LogP contribution >= 0.6 is 0 Å². The minimum absolute atomic E-state index is 0.298. The highest BCUT2D eigenvalue weighted by Crippen LogP contribution is 2.25. The standard InChI is InChI=1S/C28H41N3O3S/c1-8-15-31(16-9-2)25-13-12-23-18-22(10-11-24(23)20-25)19-26(21-29)35(32,33)30-28(6,7)14-17-34-27(3,4)5/h10-13,18-20,30H,8-9,14-17H2,1-7H3. The number of hydrogen-bond acceptors (Lipinski definition) is 5. The zero-order valence-electron chi connectivity index (χ0n) is 22.3. The van der Waals surface area contributed by atoms with Gasteiger partial charge >= 0.3 is 0 Å². The number of allylic oxidation sites excluding steroid dienone is 1. The lowest BCUT2D eigenvalue weighted by molar-refractivity contribution is -0.0102. The smallest absolute Gasteiger partial charge is 0.251 e. The van der Waals surface area contributed by atoms with Gasteiger partial charge in [-0.05, 0) is 94.5 Å². The van der Waals surface area contributed by atoms with E-state index in [1.807, 2.05) is 45.0 Å². The predicted molar refractivity (Wildman–Crippen MR) is 147 cm³/mol. The molecule has 6 nitrogen and oxygen atoms in total. The molecule has 0 aromatic heterocycles. The fourth-order valence-corrected chi connectivity index (χ4v) is 5.20. The number of nitriles is 1. The summed E-state index contributed by atoms with van der Waals surface area (Å²) < 4.78 is 34.4. The molecule has 2 aromatic rings. The van der Waals surface area contributed by atoms with Gasteiger partial charge in [0.1, 0.15) is 6.07 Å². The molecule has 0 fully saturated rings. The van der Waals surface area contributed by atoms with E-state index in [9.17, 15) is 13.7 Å². The zero-order valence-corrected chi connectivity index (χ0v) is 23.1. The highest BCUT2D eigenvalue weighted by Gasteiger charge is 2.28. The molecule has 2 rings (SSSR count). The Kier molecular flexibility index (Phi) is 9.91. The first-order valence-corrected chi connectivity index (χ1v) is 13.9. The Hall–Kier alpha value is -2.40. The van der Waals surface area contributed by atoms with Gasteiger partial charge in [-0.3, -0.25) is 0 Å². The van der Waals surface area contributed by atoms with E-state index in [4.69, 9.17) is 4.74 Å². The van der Waals surface area contributed by atoms with Crippen LogP contribution in [0, 0.1) is 11.3 Å². The molecule has 192 valence electrons. The first kappa shape index (κ1) is 28.8. The number of nitrogens with one attached hydrogen (secondary N) is 1. The van der Waals surface area contributed by atoms with E-state index in [1.54, 1.807) is 13.8 Å². The number of rotatable bonds is 12. The van der Waals surface area contributed by atoms with Crippen LogP contribution in [0.5, 0.6) is 0 Å². The molecule has 0 amide bonds. The van der Waals surface area contributed by atoms with Crippen LogP contribution in [0.1, 0.15) is 73.3 Å². The third-order valence-electron chi connectivity index (χ3n) is 5.57. The second kappa shape index (κ2) is 12.0. The third-order valence-corrected chi connectivity index (χ3v) is 7.18. The van der Waals surface area contributed by atoms with E-state index in [0.29, 0.717) is 18.6 Å². The molecule has 0 saturated heterocycles. The number of hydrogen-bond donors (Lipinski definition) is 1. The van der Waals surface area contributed by atoms with Crippen molar-refractivity contribution in [3.63, 3.8) is 0 Å². The fourth-order valence-electron chi connectivity index (χ4n) is 3.85. The van der Waals surface area contributed by atoms with Crippen LogP contribution in [0.25, 0.3) is 16.8 Å². The van der Waals surface area contributed by atoms with Crippen LogP contribution in [-0.4, -0.2) is 39.3 Å². The number of fused-ring (bicyclic) bond motifs is 1. The third kappa shape index (κ3) is 8.96. The molecule has 0 saturated carbocycles. The minimum atomic E-state index is -3.99. The van der Waals surface area contributed by atoms with Gasteiger partial charge in [0.05, 0.1) is 5.60 Å². The van der Waals surface area contributed by atoms with Crippen molar-refractivity contribution in [2.75, 3.05) is 24.6 Å². The minimum Gasteiger partial charge on any atom is -0.376 e. The molecule has 2 aromatic carbocycles. The molecule has 0 atom stereocenters. The first-order chi connectivity index (χ1) is 16.3. The van der Waals surface area contributed by atoms with Crippen molar-refractivity contribution in [2.24, 2.45) is 0 Å². The van der Waals surface area contributed by atoms with Crippen molar-refractivity contribution >= 4 is 32.6 Å². The summed E-state index contributed by atoms with van der Waals surface area (Å²) in [6.07, 6.45) is 4.08. The predicted octanol–water partition coefficient (Wildman–Crippen LogP) is 6.23. The Morgan fingerprint density at radius 2 is 1.63 bits per heavy atom. The molecule has 0 heterocycles. The van der Waals surface area contributed by atoms with Gasteiger partial charge in [-0.1, -0.05) is 32.0 Å². The number of nitrogens with zero attached hydrogens (tertiary/aromatic N) is 2. The van der Waals surface area contributed by atoms with Crippen molar-refractivity contribution in [3.05, 3.63) is 46.9 Å². The maximum Gasteiger partial charge on any atom is 0.251 e. The molecular weight excluding hydrogens is 458 g/mol. The number of ether oxygens (including phenoxy) is 1. The topological polar surface area (TPSA) is 82.4 Å². The van der Waals surface area contributed by atoms with Crippen LogP contribution in [0.2, 0.25) is 0 Å². The van der Waals surface area contributed by atoms with Gasteiger partial charge in [0.2, 0.25) is 0 Å². The van der Waals surface area contributed by atoms with Crippen LogP contribution in [0.3, 0.4) is 0 Å². The molecule has 1 N–H and O–H groups in total. The van der Waals surface area contributed by atoms with Gasteiger partial charge in [-0.25, -0.2) is 13.1 Å². The van der Waals surface area contributed by atoms with Crippen LogP contribution in [0.15, 0.2) is 41.3 Å². The maximum absolute atomic E-state index is 13.0. The SMILES string of the molecule is CCCN(CCC)c1ccc2cc(C=C(C#N)S(=O)(=O)NC(C)(C)CCOC(C)(C)C)ccc2c1. The normalized spacial score (nSPS) is 13.1. The highest BCUT2D eigenvalue weighted by molar-refractivity contribution is 7.93. The Labute approximate surface area is 212 Å². The summed E-state index contributed by atoms with van der Waals surface area (Å²) in [4.78, 5) is 2.07. The summed E-state index contributed by atoms with van der Waals surface area (Å²) in [5.74, 6) is 0.